The SMILES string of the molecule is CC(C)Cn1c(=N)c(C(=O)NC(C)C)cc2c(=O)n3ccccc3nc21. The van der Waals surface area contributed by atoms with Gasteiger partial charge in [-0.25, -0.2) is 4.98 Å². The van der Waals surface area contributed by atoms with E-state index in [0.29, 0.717) is 23.2 Å². The molecule has 0 atom stereocenters. The summed E-state index contributed by atoms with van der Waals surface area (Å²) in [5.74, 6) is -0.131. The maximum atomic E-state index is 13.0. The number of amides is 1. The Morgan fingerprint density at radius 2 is 2.00 bits per heavy atom. The third-order valence-electron chi connectivity index (χ3n) is 4.03. The molecule has 3 aromatic rings. The quantitative estimate of drug-likeness (QED) is 0.702. The van der Waals surface area contributed by atoms with Crippen molar-refractivity contribution in [3.63, 3.8) is 0 Å². The Bertz CT molecular complexity index is 1110. The number of rotatable bonds is 4. The maximum Gasteiger partial charge on any atom is 0.267 e. The van der Waals surface area contributed by atoms with Gasteiger partial charge in [-0.3, -0.25) is 19.4 Å². The third kappa shape index (κ3) is 3.12. The Morgan fingerprint density at radius 1 is 1.27 bits per heavy atom. The van der Waals surface area contributed by atoms with Gasteiger partial charge in [0.2, 0.25) is 0 Å². The molecule has 0 radical (unpaired) electrons. The molecule has 0 saturated heterocycles. The van der Waals surface area contributed by atoms with Crippen LogP contribution in [0.2, 0.25) is 0 Å². The molecule has 3 aromatic heterocycles. The third-order valence-corrected chi connectivity index (χ3v) is 4.03. The molecule has 0 bridgehead atoms. The lowest BCUT2D eigenvalue weighted by molar-refractivity contribution is 0.0940. The van der Waals surface area contributed by atoms with E-state index in [1.807, 2.05) is 33.8 Å². The van der Waals surface area contributed by atoms with Crippen LogP contribution in [-0.2, 0) is 6.54 Å². The van der Waals surface area contributed by atoms with Crippen molar-refractivity contribution < 1.29 is 4.79 Å². The average molecular weight is 353 g/mol. The van der Waals surface area contributed by atoms with Crippen LogP contribution in [0.15, 0.2) is 35.3 Å². The molecule has 26 heavy (non-hydrogen) atoms. The van der Waals surface area contributed by atoms with Crippen molar-refractivity contribution in [2.45, 2.75) is 40.3 Å². The molecule has 0 fully saturated rings. The first-order valence-corrected chi connectivity index (χ1v) is 8.70. The van der Waals surface area contributed by atoms with Gasteiger partial charge in [-0.05, 0) is 38.0 Å². The van der Waals surface area contributed by atoms with Gasteiger partial charge in [0.1, 0.15) is 16.8 Å². The number of nitrogens with one attached hydrogen (secondary N) is 2. The van der Waals surface area contributed by atoms with E-state index < -0.39 is 0 Å². The minimum absolute atomic E-state index is 0.0630. The van der Waals surface area contributed by atoms with E-state index in [1.165, 1.54) is 10.5 Å². The van der Waals surface area contributed by atoms with E-state index in [2.05, 4.69) is 10.3 Å². The van der Waals surface area contributed by atoms with Gasteiger partial charge in [-0.2, -0.15) is 0 Å². The van der Waals surface area contributed by atoms with Crippen LogP contribution in [0.3, 0.4) is 0 Å². The second-order valence-electron chi connectivity index (χ2n) is 7.12. The standard InChI is InChI=1S/C19H23N5O2/c1-11(2)10-24-16(20)13(18(25)21-12(3)4)9-14-17(24)22-15-7-5-6-8-23(15)19(14)26/h5-9,11-12,20H,10H2,1-4H3,(H,21,25). The first-order chi connectivity index (χ1) is 12.3. The number of hydrogen-bond donors (Lipinski definition) is 2. The van der Waals surface area contributed by atoms with E-state index in [0.717, 1.165) is 0 Å². The van der Waals surface area contributed by atoms with Crippen LogP contribution < -0.4 is 16.4 Å². The van der Waals surface area contributed by atoms with Gasteiger partial charge >= 0.3 is 0 Å². The Kier molecular flexibility index (Phi) is 4.63. The zero-order chi connectivity index (χ0) is 19.0. The van der Waals surface area contributed by atoms with Crippen LogP contribution >= 0.6 is 0 Å². The summed E-state index contributed by atoms with van der Waals surface area (Å²) in [6, 6.07) is 6.75. The Balaban J connectivity index is 2.41. The van der Waals surface area contributed by atoms with E-state index in [1.54, 1.807) is 22.9 Å². The van der Waals surface area contributed by atoms with Gasteiger partial charge in [-0.1, -0.05) is 19.9 Å². The van der Waals surface area contributed by atoms with Crippen molar-refractivity contribution in [2.24, 2.45) is 5.92 Å². The average Bonchev–Trinajstić information content (AvgIpc) is 2.57. The van der Waals surface area contributed by atoms with E-state index in [4.69, 9.17) is 5.41 Å². The lowest BCUT2D eigenvalue weighted by Gasteiger charge is -2.16. The largest absolute Gasteiger partial charge is 0.350 e. The molecule has 3 rings (SSSR count). The van der Waals surface area contributed by atoms with Gasteiger partial charge in [0.15, 0.2) is 0 Å². The van der Waals surface area contributed by atoms with Crippen LogP contribution in [0.5, 0.6) is 0 Å². The normalized spacial score (nSPS) is 11.6. The first-order valence-electron chi connectivity index (χ1n) is 8.70. The maximum absolute atomic E-state index is 13.0. The molecule has 0 unspecified atom stereocenters. The summed E-state index contributed by atoms with van der Waals surface area (Å²) < 4.78 is 3.11. The summed E-state index contributed by atoms with van der Waals surface area (Å²) in [5.41, 5.74) is 0.946. The van der Waals surface area contributed by atoms with Crippen molar-refractivity contribution in [3.8, 4) is 0 Å². The molecule has 7 nitrogen and oxygen atoms in total. The lowest BCUT2D eigenvalue weighted by atomic mass is 10.1. The number of pyridine rings is 2. The highest BCUT2D eigenvalue weighted by Crippen LogP contribution is 2.12. The van der Waals surface area contributed by atoms with Gasteiger partial charge in [0.25, 0.3) is 11.5 Å². The van der Waals surface area contributed by atoms with Crippen LogP contribution in [0.1, 0.15) is 38.1 Å². The number of carbonyl (C=O) groups is 1. The molecule has 0 aromatic carbocycles. The highest BCUT2D eigenvalue weighted by molar-refractivity contribution is 5.96. The van der Waals surface area contributed by atoms with Crippen LogP contribution in [-0.4, -0.2) is 25.9 Å². The van der Waals surface area contributed by atoms with Crippen molar-refractivity contribution in [1.29, 1.82) is 5.41 Å². The Labute approximate surface area is 150 Å². The smallest absolute Gasteiger partial charge is 0.267 e. The Morgan fingerprint density at radius 3 is 2.65 bits per heavy atom. The molecule has 0 spiro atoms. The summed E-state index contributed by atoms with van der Waals surface area (Å²) in [7, 11) is 0. The van der Waals surface area contributed by atoms with Crippen molar-refractivity contribution in [3.05, 3.63) is 51.9 Å². The molecule has 0 saturated carbocycles. The van der Waals surface area contributed by atoms with Gasteiger partial charge in [-0.15, -0.1) is 0 Å². The number of nitrogens with zero attached hydrogens (tertiary/aromatic N) is 3. The molecule has 0 aliphatic carbocycles. The number of hydrogen-bond acceptors (Lipinski definition) is 4. The van der Waals surface area contributed by atoms with Crippen LogP contribution in [0.25, 0.3) is 16.7 Å². The van der Waals surface area contributed by atoms with Gasteiger partial charge < -0.3 is 9.88 Å². The summed E-state index contributed by atoms with van der Waals surface area (Å²) >= 11 is 0. The van der Waals surface area contributed by atoms with E-state index in [9.17, 15) is 9.59 Å². The minimum atomic E-state index is -0.359. The van der Waals surface area contributed by atoms with Crippen LogP contribution in [0.4, 0.5) is 0 Å². The summed E-state index contributed by atoms with van der Waals surface area (Å²) in [6.07, 6.45) is 1.65. The summed E-state index contributed by atoms with van der Waals surface area (Å²) in [6.45, 7) is 8.25. The second-order valence-corrected chi connectivity index (χ2v) is 7.12. The van der Waals surface area contributed by atoms with Gasteiger partial charge in [0, 0.05) is 18.8 Å². The molecular weight excluding hydrogens is 330 g/mol. The molecule has 3 heterocycles. The number of aromatic nitrogens is 3. The van der Waals surface area contributed by atoms with Crippen LogP contribution in [0, 0.1) is 11.3 Å². The van der Waals surface area contributed by atoms with E-state index >= 15 is 0 Å². The zero-order valence-corrected chi connectivity index (χ0v) is 15.4. The monoisotopic (exact) mass is 353 g/mol. The fourth-order valence-corrected chi connectivity index (χ4v) is 2.94. The molecule has 136 valence electrons. The van der Waals surface area contributed by atoms with Crippen molar-refractivity contribution in [2.75, 3.05) is 0 Å². The fourth-order valence-electron chi connectivity index (χ4n) is 2.94. The lowest BCUT2D eigenvalue weighted by Crippen LogP contribution is -2.38. The van der Waals surface area contributed by atoms with Crippen molar-refractivity contribution in [1.82, 2.24) is 19.3 Å². The molecular formula is C19H23N5O2. The van der Waals surface area contributed by atoms with Gasteiger partial charge in [0.05, 0.1) is 10.9 Å². The highest BCUT2D eigenvalue weighted by atomic mass is 16.1. The molecule has 2 N–H and O–H groups in total. The fraction of sp³-hybridized carbons (Fsp3) is 0.368. The number of fused-ring (bicyclic) bond motifs is 2. The molecule has 0 aliphatic rings. The zero-order valence-electron chi connectivity index (χ0n) is 15.4. The first kappa shape index (κ1) is 17.8. The second kappa shape index (κ2) is 6.74. The number of carbonyl (C=O) groups excluding carboxylic acids is 1. The summed E-state index contributed by atoms with van der Waals surface area (Å²) in [5, 5.41) is 11.7. The minimum Gasteiger partial charge on any atom is -0.350 e. The van der Waals surface area contributed by atoms with Crippen molar-refractivity contribution >= 4 is 22.6 Å². The topological polar surface area (TPSA) is 92.2 Å². The summed E-state index contributed by atoms with van der Waals surface area (Å²) in [4.78, 5) is 30.1. The molecule has 1 amide bonds. The highest BCUT2D eigenvalue weighted by Gasteiger charge is 2.18. The van der Waals surface area contributed by atoms with E-state index in [-0.39, 0.29) is 34.5 Å². The predicted octanol–water partition coefficient (Wildman–Crippen LogP) is 1.92. The molecule has 7 heteroatoms. The molecule has 0 aliphatic heterocycles. The predicted molar refractivity (Wildman–Crippen MR) is 100 cm³/mol. The Hall–Kier alpha value is -2.96.